The Morgan fingerprint density at radius 1 is 1.16 bits per heavy atom. The molecule has 0 spiro atoms. The maximum atomic E-state index is 12.9. The van der Waals surface area contributed by atoms with Crippen LogP contribution in [-0.2, 0) is 33.5 Å². The summed E-state index contributed by atoms with van der Waals surface area (Å²) in [6.07, 6.45) is -4.50. The smallest absolute Gasteiger partial charge is 0.453 e. The van der Waals surface area contributed by atoms with Crippen molar-refractivity contribution in [2.75, 3.05) is 6.61 Å². The van der Waals surface area contributed by atoms with Crippen molar-refractivity contribution in [3.8, 4) is 0 Å². The number of aryl methyl sites for hydroxylation is 2. The summed E-state index contributed by atoms with van der Waals surface area (Å²) >= 11 is 1.09. The Hall–Kier alpha value is -3.09. The van der Waals surface area contributed by atoms with Gasteiger partial charge in [-0.2, -0.15) is 18.2 Å². The van der Waals surface area contributed by atoms with Crippen molar-refractivity contribution in [3.63, 3.8) is 0 Å². The fourth-order valence-corrected chi connectivity index (χ4v) is 3.50. The molecule has 0 aromatic carbocycles. The molecule has 166 valence electrons. The van der Waals surface area contributed by atoms with E-state index in [-0.39, 0.29) is 36.8 Å². The number of fused-ring (bicyclic) bond motifs is 1. The van der Waals surface area contributed by atoms with E-state index >= 15 is 0 Å². The number of nitrogens with zero attached hydrogens (tertiary/aromatic N) is 5. The van der Waals surface area contributed by atoms with E-state index in [2.05, 4.69) is 20.1 Å². The summed E-state index contributed by atoms with van der Waals surface area (Å²) in [4.78, 5) is 35.2. The van der Waals surface area contributed by atoms with Crippen molar-refractivity contribution in [3.05, 3.63) is 38.9 Å². The highest BCUT2D eigenvalue weighted by Gasteiger charge is 2.37. The number of esters is 2. The zero-order valence-corrected chi connectivity index (χ0v) is 17.6. The van der Waals surface area contributed by atoms with Crippen LogP contribution in [0.25, 0.3) is 5.78 Å². The zero-order valence-electron chi connectivity index (χ0n) is 16.8. The molecule has 0 amide bonds. The topological polar surface area (TPSA) is 109 Å². The standard InChI is InChI=1S/C18H18F3N5O4S/c1-4-29-15(28)14-23-11(8-31-14)7-30-13(27)6-5-12-9(2)22-17-24-16(18(19,20)21)25-26(17)10(12)3/h8H,4-7H2,1-3H3. The van der Waals surface area contributed by atoms with Gasteiger partial charge < -0.3 is 9.47 Å². The Morgan fingerprint density at radius 2 is 1.90 bits per heavy atom. The number of hydrogen-bond acceptors (Lipinski definition) is 9. The van der Waals surface area contributed by atoms with Crippen LogP contribution in [0.15, 0.2) is 5.38 Å². The second-order valence-electron chi connectivity index (χ2n) is 6.43. The average Bonchev–Trinajstić information content (AvgIpc) is 3.33. The molecule has 0 atom stereocenters. The van der Waals surface area contributed by atoms with Crippen LogP contribution < -0.4 is 0 Å². The number of rotatable bonds is 7. The summed E-state index contributed by atoms with van der Waals surface area (Å²) < 4.78 is 49.6. The van der Waals surface area contributed by atoms with E-state index in [1.807, 2.05) is 0 Å². The third kappa shape index (κ3) is 5.16. The number of carbonyl (C=O) groups is 2. The third-order valence-electron chi connectivity index (χ3n) is 4.26. The first-order chi connectivity index (χ1) is 14.6. The van der Waals surface area contributed by atoms with E-state index in [4.69, 9.17) is 9.47 Å². The van der Waals surface area contributed by atoms with Gasteiger partial charge in [0.15, 0.2) is 0 Å². The van der Waals surface area contributed by atoms with Crippen LogP contribution in [0.1, 0.15) is 51.6 Å². The average molecular weight is 457 g/mol. The number of ether oxygens (including phenoxy) is 2. The molecule has 0 radical (unpaired) electrons. The summed E-state index contributed by atoms with van der Waals surface area (Å²) in [6, 6.07) is 0. The zero-order chi connectivity index (χ0) is 22.8. The molecule has 13 heteroatoms. The lowest BCUT2D eigenvalue weighted by molar-refractivity contribution is -0.145. The number of alkyl halides is 3. The van der Waals surface area contributed by atoms with Crippen molar-refractivity contribution in [2.45, 2.75) is 46.4 Å². The monoisotopic (exact) mass is 457 g/mol. The lowest BCUT2D eigenvalue weighted by atomic mass is 10.1. The largest absolute Gasteiger partial charge is 0.461 e. The van der Waals surface area contributed by atoms with E-state index in [0.717, 1.165) is 15.9 Å². The molecule has 0 unspecified atom stereocenters. The summed E-state index contributed by atoms with van der Waals surface area (Å²) in [6.45, 7) is 5.02. The first-order valence-electron chi connectivity index (χ1n) is 9.17. The molecule has 0 bridgehead atoms. The molecule has 31 heavy (non-hydrogen) atoms. The van der Waals surface area contributed by atoms with Gasteiger partial charge in [0.05, 0.1) is 12.3 Å². The Labute approximate surface area is 178 Å². The normalized spacial score (nSPS) is 11.7. The SMILES string of the molecule is CCOC(=O)c1nc(COC(=O)CCc2c(C)nc3nc(C(F)(F)F)nn3c2C)cs1. The van der Waals surface area contributed by atoms with Crippen LogP contribution in [0.2, 0.25) is 0 Å². The van der Waals surface area contributed by atoms with Crippen LogP contribution in [0, 0.1) is 13.8 Å². The van der Waals surface area contributed by atoms with Gasteiger partial charge in [-0.3, -0.25) is 4.79 Å². The molecular weight excluding hydrogens is 439 g/mol. The van der Waals surface area contributed by atoms with Gasteiger partial charge in [-0.25, -0.2) is 19.3 Å². The molecule has 0 aliphatic rings. The van der Waals surface area contributed by atoms with Gasteiger partial charge in [-0.15, -0.1) is 16.4 Å². The van der Waals surface area contributed by atoms with E-state index in [1.54, 1.807) is 26.2 Å². The van der Waals surface area contributed by atoms with Gasteiger partial charge in [0.1, 0.15) is 6.61 Å². The summed E-state index contributed by atoms with van der Waals surface area (Å²) in [5, 5.41) is 5.24. The van der Waals surface area contributed by atoms with Gasteiger partial charge in [0.25, 0.3) is 11.6 Å². The Morgan fingerprint density at radius 3 is 2.58 bits per heavy atom. The van der Waals surface area contributed by atoms with Gasteiger partial charge >= 0.3 is 18.1 Å². The van der Waals surface area contributed by atoms with E-state index in [1.165, 1.54) is 0 Å². The van der Waals surface area contributed by atoms with Crippen LogP contribution in [0.5, 0.6) is 0 Å². The van der Waals surface area contributed by atoms with Gasteiger partial charge in [0.2, 0.25) is 5.01 Å². The molecule has 0 aliphatic heterocycles. The quantitative estimate of drug-likeness (QED) is 0.498. The summed E-state index contributed by atoms with van der Waals surface area (Å²) in [5.74, 6) is -2.50. The first kappa shape index (κ1) is 22.6. The Bertz CT molecular complexity index is 1130. The Balaban J connectivity index is 1.63. The molecule has 3 aromatic heterocycles. The Kier molecular flexibility index (Phi) is 6.53. The fraction of sp³-hybridized carbons (Fsp3) is 0.444. The second-order valence-corrected chi connectivity index (χ2v) is 7.29. The molecule has 9 nitrogen and oxygen atoms in total. The van der Waals surface area contributed by atoms with Crippen molar-refractivity contribution in [1.82, 2.24) is 24.6 Å². The van der Waals surface area contributed by atoms with E-state index < -0.39 is 23.9 Å². The van der Waals surface area contributed by atoms with Gasteiger partial charge in [-0.1, -0.05) is 0 Å². The van der Waals surface area contributed by atoms with E-state index in [0.29, 0.717) is 22.6 Å². The minimum atomic E-state index is -4.68. The third-order valence-corrected chi connectivity index (χ3v) is 5.14. The van der Waals surface area contributed by atoms with Crippen molar-refractivity contribution >= 4 is 29.1 Å². The predicted molar refractivity (Wildman–Crippen MR) is 101 cm³/mol. The number of halogens is 3. The number of aromatic nitrogens is 5. The van der Waals surface area contributed by atoms with Crippen molar-refractivity contribution in [2.24, 2.45) is 0 Å². The predicted octanol–water partition coefficient (Wildman–Crippen LogP) is 3.07. The molecule has 0 saturated heterocycles. The highest BCUT2D eigenvalue weighted by molar-refractivity contribution is 7.11. The highest BCUT2D eigenvalue weighted by atomic mass is 32.1. The second kappa shape index (κ2) is 8.96. The molecule has 0 fully saturated rings. The maximum Gasteiger partial charge on any atom is 0.453 e. The van der Waals surface area contributed by atoms with Crippen molar-refractivity contribution in [1.29, 1.82) is 0 Å². The minimum Gasteiger partial charge on any atom is -0.461 e. The molecule has 0 aliphatic carbocycles. The van der Waals surface area contributed by atoms with Crippen LogP contribution in [-0.4, -0.2) is 43.1 Å². The lowest BCUT2D eigenvalue weighted by Crippen LogP contribution is -2.11. The molecule has 3 rings (SSSR count). The van der Waals surface area contributed by atoms with Crippen molar-refractivity contribution < 1.29 is 32.2 Å². The molecule has 3 heterocycles. The number of thiazole rings is 1. The molecule has 0 N–H and O–H groups in total. The first-order valence-corrected chi connectivity index (χ1v) is 10.0. The van der Waals surface area contributed by atoms with Crippen LogP contribution in [0.3, 0.4) is 0 Å². The summed E-state index contributed by atoms with van der Waals surface area (Å²) in [7, 11) is 0. The van der Waals surface area contributed by atoms with Gasteiger partial charge in [-0.05, 0) is 32.8 Å². The van der Waals surface area contributed by atoms with E-state index in [9.17, 15) is 22.8 Å². The number of hydrogen-bond donors (Lipinski definition) is 0. The lowest BCUT2D eigenvalue weighted by Gasteiger charge is -2.10. The fourth-order valence-electron chi connectivity index (χ4n) is 2.80. The molecule has 3 aromatic rings. The summed E-state index contributed by atoms with van der Waals surface area (Å²) in [5.41, 5.74) is 1.87. The molecule has 0 saturated carbocycles. The molecular formula is C18H18F3N5O4S. The van der Waals surface area contributed by atoms with Gasteiger partial charge in [0, 0.05) is 23.2 Å². The van der Waals surface area contributed by atoms with Crippen LogP contribution in [0.4, 0.5) is 13.2 Å². The highest BCUT2D eigenvalue weighted by Crippen LogP contribution is 2.27. The number of carbonyl (C=O) groups excluding carboxylic acids is 2. The minimum absolute atomic E-state index is 0.0233. The maximum absolute atomic E-state index is 12.9. The van der Waals surface area contributed by atoms with Crippen LogP contribution >= 0.6 is 11.3 Å².